The van der Waals surface area contributed by atoms with Crippen LogP contribution < -0.4 is 16.0 Å². The van der Waals surface area contributed by atoms with Gasteiger partial charge in [-0.15, -0.1) is 12.4 Å². The van der Waals surface area contributed by atoms with Crippen molar-refractivity contribution in [2.45, 2.75) is 19.4 Å². The number of aromatic carboxylic acids is 1. The van der Waals surface area contributed by atoms with Crippen molar-refractivity contribution in [2.24, 2.45) is 5.73 Å². The third-order valence-corrected chi connectivity index (χ3v) is 6.65. The molecule has 0 saturated carbocycles. The topological polar surface area (TPSA) is 124 Å². The highest BCUT2D eigenvalue weighted by Crippen LogP contribution is 2.36. The first-order valence-corrected chi connectivity index (χ1v) is 10.3. The predicted octanol–water partition coefficient (Wildman–Crippen LogP) is 4.15. The number of nitrogens with two attached hydrogens (primary N) is 1. The summed E-state index contributed by atoms with van der Waals surface area (Å²) >= 11 is 13.3. The molecule has 0 aliphatic carbocycles. The first-order chi connectivity index (χ1) is 13.7. The summed E-state index contributed by atoms with van der Waals surface area (Å²) in [6, 6.07) is 3.17. The number of nitrogens with one attached hydrogen (secondary N) is 2. The Hall–Kier alpha value is -2.04. The number of nitrogens with zero attached hydrogens (tertiary/aromatic N) is 2. The lowest BCUT2D eigenvalue weighted by molar-refractivity contribution is 0.0697. The van der Waals surface area contributed by atoms with Crippen LogP contribution in [0.15, 0.2) is 12.1 Å². The van der Waals surface area contributed by atoms with Crippen LogP contribution in [0.2, 0.25) is 10.0 Å². The molecule has 1 atom stereocenters. The lowest BCUT2D eigenvalue weighted by Crippen LogP contribution is -2.26. The molecule has 3 heterocycles. The van der Waals surface area contributed by atoms with Crippen molar-refractivity contribution in [1.29, 1.82) is 0 Å². The van der Waals surface area contributed by atoms with Gasteiger partial charge in [-0.05, 0) is 25.5 Å². The van der Waals surface area contributed by atoms with Gasteiger partial charge in [-0.1, -0.05) is 34.5 Å². The molecule has 5 N–H and O–H groups in total. The van der Waals surface area contributed by atoms with Crippen LogP contribution in [-0.2, 0) is 0 Å². The zero-order valence-electron chi connectivity index (χ0n) is 15.7. The Balaban J connectivity index is 0.00000256. The van der Waals surface area contributed by atoms with Gasteiger partial charge in [0.1, 0.15) is 11.2 Å². The smallest absolute Gasteiger partial charge is 0.335 e. The number of carboxylic acids is 1. The first kappa shape index (κ1) is 22.6. The zero-order chi connectivity index (χ0) is 20.9. The molecule has 1 amide bonds. The average molecular weight is 491 g/mol. The Morgan fingerprint density at radius 2 is 2.10 bits per heavy atom. The van der Waals surface area contributed by atoms with E-state index in [0.29, 0.717) is 44.8 Å². The van der Waals surface area contributed by atoms with Crippen LogP contribution in [0.3, 0.4) is 0 Å². The number of hydrogen-bond donors (Lipinski definition) is 4. The maximum absolute atomic E-state index is 12.6. The molecule has 12 heteroatoms. The first-order valence-electron chi connectivity index (χ1n) is 8.78. The van der Waals surface area contributed by atoms with Crippen molar-refractivity contribution in [3.8, 4) is 0 Å². The van der Waals surface area contributed by atoms with E-state index >= 15 is 0 Å². The number of anilines is 2. The van der Waals surface area contributed by atoms with Gasteiger partial charge in [-0.3, -0.25) is 10.1 Å². The number of thiazole rings is 1. The summed E-state index contributed by atoms with van der Waals surface area (Å²) in [6.07, 6.45) is 0.817. The fourth-order valence-electron chi connectivity index (χ4n) is 3.32. The van der Waals surface area contributed by atoms with Crippen molar-refractivity contribution in [2.75, 3.05) is 23.3 Å². The molecular weight excluding hydrogens is 473 g/mol. The largest absolute Gasteiger partial charge is 0.478 e. The number of benzene rings is 1. The van der Waals surface area contributed by atoms with Crippen molar-refractivity contribution < 1.29 is 14.7 Å². The van der Waals surface area contributed by atoms with Crippen LogP contribution in [0, 0.1) is 6.92 Å². The fourth-order valence-corrected chi connectivity index (χ4v) is 4.66. The van der Waals surface area contributed by atoms with Gasteiger partial charge in [0.25, 0.3) is 5.91 Å². The molecule has 1 fully saturated rings. The summed E-state index contributed by atoms with van der Waals surface area (Å²) < 4.78 is 0.655. The predicted molar refractivity (Wildman–Crippen MR) is 122 cm³/mol. The van der Waals surface area contributed by atoms with Crippen molar-refractivity contribution >= 4 is 79.9 Å². The number of carbonyl (C=O) groups is 2. The van der Waals surface area contributed by atoms with Gasteiger partial charge in [0.2, 0.25) is 0 Å². The van der Waals surface area contributed by atoms with E-state index in [0.717, 1.165) is 6.42 Å². The summed E-state index contributed by atoms with van der Waals surface area (Å²) in [6.45, 7) is 3.05. The van der Waals surface area contributed by atoms with Gasteiger partial charge in [0.05, 0.1) is 26.0 Å². The highest BCUT2D eigenvalue weighted by molar-refractivity contribution is 7.22. The van der Waals surface area contributed by atoms with E-state index < -0.39 is 11.9 Å². The second kappa shape index (κ2) is 8.60. The molecule has 3 aromatic rings. The van der Waals surface area contributed by atoms with Crippen molar-refractivity contribution in [3.05, 3.63) is 39.1 Å². The highest BCUT2D eigenvalue weighted by atomic mass is 35.5. The molecule has 8 nitrogen and oxygen atoms in total. The third kappa shape index (κ3) is 4.08. The Bertz CT molecular complexity index is 1150. The van der Waals surface area contributed by atoms with E-state index in [4.69, 9.17) is 28.9 Å². The number of aromatic nitrogens is 2. The molecule has 2 aromatic heterocycles. The highest BCUT2D eigenvalue weighted by Gasteiger charge is 2.25. The monoisotopic (exact) mass is 489 g/mol. The second-order valence-corrected chi connectivity index (χ2v) is 8.65. The van der Waals surface area contributed by atoms with E-state index in [1.807, 2.05) is 4.90 Å². The SMILES string of the molecule is Cc1[nH]c(C(=O)Nc2nc3c(N4CCC(N)C4)cc(C(=O)O)cc3s2)c(Cl)c1Cl.Cl. The van der Waals surface area contributed by atoms with Gasteiger partial charge in [0, 0.05) is 24.8 Å². The Kier molecular flexibility index (Phi) is 6.49. The minimum atomic E-state index is -1.03. The van der Waals surface area contributed by atoms with E-state index in [1.165, 1.54) is 11.3 Å². The van der Waals surface area contributed by atoms with Crippen LogP contribution in [-0.4, -0.2) is 46.1 Å². The van der Waals surface area contributed by atoms with Gasteiger partial charge >= 0.3 is 5.97 Å². The van der Waals surface area contributed by atoms with Crippen LogP contribution in [0.4, 0.5) is 10.8 Å². The fraction of sp³-hybridized carbons (Fsp3) is 0.278. The molecular formula is C18H18Cl3N5O3S. The molecule has 1 aliphatic heterocycles. The van der Waals surface area contributed by atoms with Crippen LogP contribution >= 0.6 is 46.9 Å². The van der Waals surface area contributed by atoms with Crippen LogP contribution in [0.5, 0.6) is 0 Å². The summed E-state index contributed by atoms with van der Waals surface area (Å²) in [4.78, 5) is 33.6. The number of rotatable bonds is 4. The minimum absolute atomic E-state index is 0. The van der Waals surface area contributed by atoms with Gasteiger partial charge < -0.3 is 20.7 Å². The van der Waals surface area contributed by atoms with Crippen LogP contribution in [0.1, 0.15) is 33.0 Å². The standard InChI is InChI=1S/C18H17Cl2N5O3S.ClH/c1-7-12(19)13(20)15(22-7)16(26)24-18-23-14-10(25-3-2-9(21)6-25)4-8(17(27)28)5-11(14)29-18;/h4-5,9,22H,2-3,6,21H2,1H3,(H,27,28)(H,23,24,26);1H. The van der Waals surface area contributed by atoms with E-state index in [2.05, 4.69) is 15.3 Å². The maximum atomic E-state index is 12.6. The molecule has 0 spiro atoms. The summed E-state index contributed by atoms with van der Waals surface area (Å²) in [5.74, 6) is -1.51. The number of aromatic amines is 1. The number of H-pyrrole nitrogens is 1. The number of aryl methyl sites for hydroxylation is 1. The average Bonchev–Trinajstić information content (AvgIpc) is 3.34. The zero-order valence-corrected chi connectivity index (χ0v) is 18.8. The molecule has 1 aliphatic rings. The number of hydrogen-bond acceptors (Lipinski definition) is 6. The summed E-state index contributed by atoms with van der Waals surface area (Å²) in [7, 11) is 0. The Morgan fingerprint density at radius 3 is 2.67 bits per heavy atom. The number of carbonyl (C=O) groups excluding carboxylic acids is 1. The molecule has 1 aromatic carbocycles. The normalized spacial score (nSPS) is 16.0. The maximum Gasteiger partial charge on any atom is 0.335 e. The van der Waals surface area contributed by atoms with Gasteiger partial charge in [0.15, 0.2) is 5.13 Å². The summed E-state index contributed by atoms with van der Waals surface area (Å²) in [5, 5.41) is 12.9. The van der Waals surface area contributed by atoms with E-state index in [9.17, 15) is 14.7 Å². The number of amides is 1. The van der Waals surface area contributed by atoms with Gasteiger partial charge in [-0.25, -0.2) is 9.78 Å². The molecule has 0 bridgehead atoms. The molecule has 1 saturated heterocycles. The van der Waals surface area contributed by atoms with Crippen molar-refractivity contribution in [1.82, 2.24) is 9.97 Å². The third-order valence-electron chi connectivity index (χ3n) is 4.79. The molecule has 4 rings (SSSR count). The minimum Gasteiger partial charge on any atom is -0.478 e. The number of fused-ring (bicyclic) bond motifs is 1. The molecule has 0 radical (unpaired) electrons. The Morgan fingerprint density at radius 1 is 1.37 bits per heavy atom. The molecule has 1 unspecified atom stereocenters. The van der Waals surface area contributed by atoms with E-state index in [1.54, 1.807) is 19.1 Å². The molecule has 30 heavy (non-hydrogen) atoms. The number of carboxylic acid groups (broad SMARTS) is 1. The number of halogens is 3. The van der Waals surface area contributed by atoms with Crippen molar-refractivity contribution in [3.63, 3.8) is 0 Å². The lowest BCUT2D eigenvalue weighted by atomic mass is 10.1. The Labute approximate surface area is 191 Å². The molecule has 160 valence electrons. The van der Waals surface area contributed by atoms with Gasteiger partial charge in [-0.2, -0.15) is 0 Å². The lowest BCUT2D eigenvalue weighted by Gasteiger charge is -2.19. The van der Waals surface area contributed by atoms with E-state index in [-0.39, 0.29) is 34.7 Å². The summed E-state index contributed by atoms with van der Waals surface area (Å²) in [5.41, 5.74) is 8.21. The van der Waals surface area contributed by atoms with Crippen LogP contribution in [0.25, 0.3) is 10.2 Å². The second-order valence-electron chi connectivity index (χ2n) is 6.87. The quantitative estimate of drug-likeness (QED) is 0.435.